The van der Waals surface area contributed by atoms with Crippen molar-refractivity contribution in [2.45, 2.75) is 65.0 Å². The van der Waals surface area contributed by atoms with Crippen LogP contribution in [-0.2, 0) is 49.5 Å². The molecule has 0 aliphatic carbocycles. The number of rotatable bonds is 25. The summed E-state index contributed by atoms with van der Waals surface area (Å²) in [5.74, 6) is -3.44. The number of nitrogens with zero attached hydrogens (tertiary/aromatic N) is 2. The van der Waals surface area contributed by atoms with Crippen molar-refractivity contribution in [3.63, 3.8) is 0 Å². The molecule has 59 heavy (non-hydrogen) atoms. The molecular weight excluding hydrogens is 778 g/mol. The highest BCUT2D eigenvalue weighted by Crippen LogP contribution is 2.19. The van der Waals surface area contributed by atoms with Crippen LogP contribution in [0.15, 0.2) is 60.7 Å². The van der Waals surface area contributed by atoms with Gasteiger partial charge in [-0.05, 0) is 55.5 Å². The zero-order valence-corrected chi connectivity index (χ0v) is 32.8. The van der Waals surface area contributed by atoms with Crippen LogP contribution in [0.1, 0.15) is 45.6 Å². The summed E-state index contributed by atoms with van der Waals surface area (Å²) in [6.07, 6.45) is 0.621. The fraction of sp³-hybridized carbons (Fsp3) is 0.447. The minimum absolute atomic E-state index is 0.00294. The maximum Gasteiger partial charge on any atom is 0.514 e. The summed E-state index contributed by atoms with van der Waals surface area (Å²) >= 11 is 0. The van der Waals surface area contributed by atoms with E-state index in [4.69, 9.17) is 29.4 Å². The Morgan fingerprint density at radius 1 is 0.847 bits per heavy atom. The van der Waals surface area contributed by atoms with Crippen molar-refractivity contribution >= 4 is 53.1 Å². The lowest BCUT2D eigenvalue weighted by Crippen LogP contribution is -2.51. The summed E-state index contributed by atoms with van der Waals surface area (Å²) in [5, 5.41) is 21.7. The average molecular weight is 828 g/mol. The zero-order chi connectivity index (χ0) is 43.3. The smallest absolute Gasteiger partial charge is 0.429 e. The number of nitro groups is 1. The number of carbonyl (C=O) groups excluding carboxylic acids is 7. The minimum atomic E-state index is -1.48. The molecule has 3 atom stereocenters. The van der Waals surface area contributed by atoms with Crippen molar-refractivity contribution in [3.05, 3.63) is 76.4 Å². The molecule has 2 aromatic rings. The Bertz CT molecular complexity index is 1790. The van der Waals surface area contributed by atoms with Crippen LogP contribution >= 0.6 is 0 Å². The van der Waals surface area contributed by atoms with Crippen molar-refractivity contribution in [1.29, 1.82) is 0 Å². The Balaban J connectivity index is 1.38. The Kier molecular flexibility index (Phi) is 19.4. The first kappa shape index (κ1) is 46.9. The van der Waals surface area contributed by atoms with Crippen LogP contribution in [0, 0.1) is 16.0 Å². The Labute approximate surface area is 339 Å². The van der Waals surface area contributed by atoms with Crippen molar-refractivity contribution in [2.75, 3.05) is 44.9 Å². The standard InChI is InChI=1S/C38H49N7O14/c1-24(2)33(34(49)41-25(3)5-4-17-40-37(39)51)43-30(46)16-18-55-19-20-56-21-22-57-35(36(50)44-31(47)14-15-32(44)48)42-27-8-6-26(7-9-27)23-58-38(52)59-29-12-10-28(11-13-29)45(53)54/h6-15,24-25,33,35,42H,4-5,16-23H2,1-3H3,(H,41,49)(H,43,46)(H3,39,40,51)/t25-,33-,35?/m0/s1. The molecule has 0 fully saturated rings. The van der Waals surface area contributed by atoms with Crippen LogP contribution in [0.3, 0.4) is 0 Å². The van der Waals surface area contributed by atoms with Gasteiger partial charge in [-0.25, -0.2) is 14.5 Å². The van der Waals surface area contributed by atoms with Gasteiger partial charge in [-0.3, -0.25) is 34.1 Å². The molecule has 21 nitrogen and oxygen atoms in total. The molecule has 2 aromatic carbocycles. The number of nitrogens with one attached hydrogen (secondary N) is 4. The third-order valence-corrected chi connectivity index (χ3v) is 8.24. The molecule has 320 valence electrons. The summed E-state index contributed by atoms with van der Waals surface area (Å²) in [6, 6.07) is 9.53. The number of hydrogen-bond acceptors (Lipinski definition) is 15. The summed E-state index contributed by atoms with van der Waals surface area (Å²) < 4.78 is 26.7. The first-order valence-electron chi connectivity index (χ1n) is 18.6. The fourth-order valence-corrected chi connectivity index (χ4v) is 5.18. The molecule has 6 N–H and O–H groups in total. The highest BCUT2D eigenvalue weighted by atomic mass is 16.7. The predicted octanol–water partition coefficient (Wildman–Crippen LogP) is 2.03. The number of primary amides is 1. The van der Waals surface area contributed by atoms with Gasteiger partial charge in [0.05, 0.1) is 38.0 Å². The number of anilines is 1. The number of benzene rings is 2. The predicted molar refractivity (Wildman–Crippen MR) is 207 cm³/mol. The van der Waals surface area contributed by atoms with Crippen molar-refractivity contribution in [2.24, 2.45) is 11.7 Å². The SMILES string of the molecule is CC(C)[C@H](NC(=O)CCOCCOCCOC(Nc1ccc(COC(=O)Oc2ccc([N+](=O)[O-])cc2)cc1)C(=O)N1C(=O)C=CC1=O)C(=O)N[C@@H](C)CCCNC(N)=O. The number of carbonyl (C=O) groups is 7. The van der Waals surface area contributed by atoms with Gasteiger partial charge in [0.2, 0.25) is 18.0 Å². The highest BCUT2D eigenvalue weighted by molar-refractivity contribution is 6.23. The molecule has 1 heterocycles. The van der Waals surface area contributed by atoms with E-state index < -0.39 is 47.1 Å². The lowest BCUT2D eigenvalue weighted by atomic mass is 10.0. The summed E-state index contributed by atoms with van der Waals surface area (Å²) in [7, 11) is 0. The molecule has 21 heteroatoms. The van der Waals surface area contributed by atoms with E-state index in [-0.39, 0.29) is 81.3 Å². The highest BCUT2D eigenvalue weighted by Gasteiger charge is 2.36. The number of imide groups is 3. The molecule has 0 bridgehead atoms. The first-order valence-corrected chi connectivity index (χ1v) is 18.6. The summed E-state index contributed by atoms with van der Waals surface area (Å²) in [6.45, 7) is 5.80. The number of nitrogens with two attached hydrogens (primary N) is 1. The Morgan fingerprint density at radius 3 is 2.08 bits per heavy atom. The molecule has 1 aliphatic heterocycles. The normalized spacial score (nSPS) is 13.7. The molecule has 3 rings (SSSR count). The molecule has 0 spiro atoms. The van der Waals surface area contributed by atoms with E-state index in [2.05, 4.69) is 21.3 Å². The zero-order valence-electron chi connectivity index (χ0n) is 32.8. The van der Waals surface area contributed by atoms with Crippen LogP contribution in [0.2, 0.25) is 0 Å². The second-order valence-electron chi connectivity index (χ2n) is 13.3. The van der Waals surface area contributed by atoms with Crippen molar-refractivity contribution in [3.8, 4) is 5.75 Å². The van der Waals surface area contributed by atoms with E-state index in [1.807, 2.05) is 20.8 Å². The Hall–Kier alpha value is -6.45. The average Bonchev–Trinajstić information content (AvgIpc) is 3.53. The number of non-ortho nitro benzene ring substituents is 1. The van der Waals surface area contributed by atoms with E-state index >= 15 is 0 Å². The lowest BCUT2D eigenvalue weighted by Gasteiger charge is -2.24. The largest absolute Gasteiger partial charge is 0.514 e. The number of urea groups is 1. The monoisotopic (exact) mass is 827 g/mol. The molecule has 0 aromatic heterocycles. The number of nitro benzene ring substituents is 1. The molecule has 0 saturated heterocycles. The molecule has 0 radical (unpaired) electrons. The molecule has 1 unspecified atom stereocenters. The third kappa shape index (κ3) is 16.9. The second kappa shape index (κ2) is 24.4. The van der Waals surface area contributed by atoms with E-state index in [1.54, 1.807) is 24.3 Å². The van der Waals surface area contributed by atoms with E-state index in [9.17, 15) is 43.7 Å². The van der Waals surface area contributed by atoms with Crippen LogP contribution in [-0.4, -0.2) is 109 Å². The minimum Gasteiger partial charge on any atom is -0.429 e. The van der Waals surface area contributed by atoms with Gasteiger partial charge in [0.1, 0.15) is 18.4 Å². The third-order valence-electron chi connectivity index (χ3n) is 8.24. The van der Waals surface area contributed by atoms with E-state index in [1.165, 1.54) is 24.3 Å². The number of ether oxygens (including phenoxy) is 5. The Morgan fingerprint density at radius 2 is 1.47 bits per heavy atom. The van der Waals surface area contributed by atoms with Gasteiger partial charge in [-0.1, -0.05) is 26.0 Å². The van der Waals surface area contributed by atoms with Gasteiger partial charge in [-0.15, -0.1) is 0 Å². The van der Waals surface area contributed by atoms with Crippen LogP contribution in [0.4, 0.5) is 21.0 Å². The number of amides is 7. The van der Waals surface area contributed by atoms with Crippen LogP contribution in [0.25, 0.3) is 0 Å². The second-order valence-corrected chi connectivity index (χ2v) is 13.3. The van der Waals surface area contributed by atoms with Crippen LogP contribution in [0.5, 0.6) is 5.75 Å². The molecule has 0 saturated carbocycles. The van der Waals surface area contributed by atoms with Crippen molar-refractivity contribution < 1.29 is 62.2 Å². The maximum absolute atomic E-state index is 13.2. The lowest BCUT2D eigenvalue weighted by molar-refractivity contribution is -0.384. The first-order chi connectivity index (χ1) is 28.1. The maximum atomic E-state index is 13.2. The van der Waals surface area contributed by atoms with Gasteiger partial charge < -0.3 is 50.7 Å². The molecular formula is C38H49N7O14. The van der Waals surface area contributed by atoms with Gasteiger partial charge in [0.15, 0.2) is 0 Å². The summed E-state index contributed by atoms with van der Waals surface area (Å²) in [5.41, 5.74) is 5.76. The van der Waals surface area contributed by atoms with Gasteiger partial charge >= 0.3 is 12.2 Å². The van der Waals surface area contributed by atoms with Gasteiger partial charge in [0.25, 0.3) is 23.4 Å². The number of hydrogen-bond donors (Lipinski definition) is 5. The quantitative estimate of drug-likeness (QED) is 0.0182. The fourth-order valence-electron chi connectivity index (χ4n) is 5.18. The topological polar surface area (TPSA) is 286 Å². The molecule has 7 amide bonds. The van der Waals surface area contributed by atoms with Gasteiger partial charge in [-0.2, -0.15) is 0 Å². The molecule has 1 aliphatic rings. The summed E-state index contributed by atoms with van der Waals surface area (Å²) in [4.78, 5) is 96.4. The van der Waals surface area contributed by atoms with E-state index in [0.29, 0.717) is 35.5 Å². The van der Waals surface area contributed by atoms with Gasteiger partial charge in [0, 0.05) is 49.0 Å². The van der Waals surface area contributed by atoms with E-state index in [0.717, 1.165) is 12.2 Å². The van der Waals surface area contributed by atoms with Crippen molar-refractivity contribution in [1.82, 2.24) is 20.9 Å². The van der Waals surface area contributed by atoms with Crippen LogP contribution < -0.4 is 31.7 Å².